The Kier molecular flexibility index (Phi) is 5.77. The summed E-state index contributed by atoms with van der Waals surface area (Å²) >= 11 is 3.62. The maximum absolute atomic E-state index is 13.4. The van der Waals surface area contributed by atoms with Crippen LogP contribution in [0.5, 0.6) is 0 Å². The van der Waals surface area contributed by atoms with E-state index in [1.54, 1.807) is 4.90 Å². The molecule has 2 aliphatic rings. The molecule has 1 N–H and O–H groups in total. The van der Waals surface area contributed by atoms with Gasteiger partial charge in [0.25, 0.3) is 0 Å². The van der Waals surface area contributed by atoms with Gasteiger partial charge in [0.15, 0.2) is 0 Å². The highest BCUT2D eigenvalue weighted by Crippen LogP contribution is 2.36. The number of benzene rings is 2. The van der Waals surface area contributed by atoms with Gasteiger partial charge in [-0.25, -0.2) is 0 Å². The van der Waals surface area contributed by atoms with Gasteiger partial charge in [0.05, 0.1) is 6.04 Å². The number of carbonyl (C=O) groups excluding carboxylic acids is 2. The molecule has 1 heterocycles. The van der Waals surface area contributed by atoms with Crippen molar-refractivity contribution in [2.75, 3.05) is 0 Å². The molecule has 2 aromatic carbocycles. The van der Waals surface area contributed by atoms with Crippen LogP contribution in [0.4, 0.5) is 0 Å². The molecule has 152 valence electrons. The number of nitrogens with one attached hydrogen (secondary N) is 1. The van der Waals surface area contributed by atoms with E-state index < -0.39 is 6.04 Å². The molecule has 1 aliphatic heterocycles. The molecule has 0 saturated carbocycles. The molecule has 0 saturated heterocycles. The lowest BCUT2D eigenvalue weighted by Gasteiger charge is -2.38. The highest BCUT2D eigenvalue weighted by atomic mass is 79.9. The summed E-state index contributed by atoms with van der Waals surface area (Å²) in [7, 11) is 0. The van der Waals surface area contributed by atoms with Gasteiger partial charge in [-0.05, 0) is 47.6 Å². The van der Waals surface area contributed by atoms with Crippen LogP contribution >= 0.6 is 15.9 Å². The summed E-state index contributed by atoms with van der Waals surface area (Å²) in [5.74, 6) is -0.0653. The van der Waals surface area contributed by atoms with Crippen LogP contribution in [0.25, 0.3) is 0 Å². The second-order valence-electron chi connectivity index (χ2n) is 8.17. The molecule has 0 bridgehead atoms. The smallest absolute Gasteiger partial charge is 0.243 e. The first-order valence-electron chi connectivity index (χ1n) is 10.4. The van der Waals surface area contributed by atoms with Crippen LogP contribution in [0.1, 0.15) is 55.0 Å². The van der Waals surface area contributed by atoms with Crippen LogP contribution in [0.15, 0.2) is 46.9 Å². The van der Waals surface area contributed by atoms with Gasteiger partial charge in [-0.15, -0.1) is 0 Å². The van der Waals surface area contributed by atoms with E-state index in [2.05, 4.69) is 39.4 Å². The van der Waals surface area contributed by atoms with Crippen molar-refractivity contribution in [1.82, 2.24) is 10.2 Å². The zero-order valence-electron chi connectivity index (χ0n) is 17.0. The molecule has 1 aliphatic carbocycles. The average Bonchev–Trinajstić information content (AvgIpc) is 3.15. The van der Waals surface area contributed by atoms with Crippen LogP contribution in [0.2, 0.25) is 0 Å². The van der Waals surface area contributed by atoms with Gasteiger partial charge in [-0.2, -0.15) is 0 Å². The molecule has 0 fully saturated rings. The third-order valence-electron chi connectivity index (χ3n) is 6.40. The zero-order valence-corrected chi connectivity index (χ0v) is 18.5. The number of hydrogen-bond donors (Lipinski definition) is 1. The van der Waals surface area contributed by atoms with E-state index in [0.29, 0.717) is 13.0 Å². The minimum Gasteiger partial charge on any atom is -0.347 e. The lowest BCUT2D eigenvalue weighted by atomic mass is 9.91. The predicted octanol–water partition coefficient (Wildman–Crippen LogP) is 4.55. The lowest BCUT2D eigenvalue weighted by molar-refractivity contribution is -0.145. The Balaban J connectivity index is 1.59. The van der Waals surface area contributed by atoms with Gasteiger partial charge in [0.1, 0.15) is 6.04 Å². The van der Waals surface area contributed by atoms with E-state index in [9.17, 15) is 9.59 Å². The van der Waals surface area contributed by atoms with Crippen LogP contribution in [0.3, 0.4) is 0 Å². The third-order valence-corrected chi connectivity index (χ3v) is 7.14. The van der Waals surface area contributed by atoms with Crippen LogP contribution in [-0.2, 0) is 29.0 Å². The topological polar surface area (TPSA) is 49.4 Å². The monoisotopic (exact) mass is 454 g/mol. The molecule has 29 heavy (non-hydrogen) atoms. The van der Waals surface area contributed by atoms with Crippen molar-refractivity contribution >= 4 is 27.7 Å². The molecule has 5 heteroatoms. The number of rotatable bonds is 4. The first-order valence-corrected chi connectivity index (χ1v) is 11.2. The molecule has 4 nitrogen and oxygen atoms in total. The van der Waals surface area contributed by atoms with Gasteiger partial charge in [0.2, 0.25) is 11.8 Å². The summed E-state index contributed by atoms with van der Waals surface area (Å²) in [6, 6.07) is 13.8. The quantitative estimate of drug-likeness (QED) is 0.736. The van der Waals surface area contributed by atoms with Crippen LogP contribution in [-0.4, -0.2) is 22.8 Å². The Morgan fingerprint density at radius 3 is 2.69 bits per heavy atom. The number of hydrogen-bond acceptors (Lipinski definition) is 2. The van der Waals surface area contributed by atoms with E-state index in [4.69, 9.17) is 0 Å². The largest absolute Gasteiger partial charge is 0.347 e. The van der Waals surface area contributed by atoms with Gasteiger partial charge in [-0.3, -0.25) is 9.59 Å². The van der Waals surface area contributed by atoms with Crippen molar-refractivity contribution in [1.29, 1.82) is 0 Å². The molecule has 2 aromatic rings. The molecular formula is C24H27BrN2O2. The number of halogens is 1. The predicted molar refractivity (Wildman–Crippen MR) is 117 cm³/mol. The second-order valence-corrected chi connectivity index (χ2v) is 9.03. The Labute approximate surface area is 180 Å². The summed E-state index contributed by atoms with van der Waals surface area (Å²) in [5, 5.41) is 3.25. The first kappa shape index (κ1) is 20.1. The van der Waals surface area contributed by atoms with Crippen molar-refractivity contribution in [2.45, 2.75) is 58.2 Å². The molecule has 0 aromatic heterocycles. The molecule has 3 unspecified atom stereocenters. The molecule has 3 atom stereocenters. The SMILES string of the molecule is CCC(C)C(=O)N1Cc2ccccc2CC1C(=O)NC1CCc2c(Br)cccc21. The van der Waals surface area contributed by atoms with Gasteiger partial charge < -0.3 is 10.2 Å². The average molecular weight is 455 g/mol. The van der Waals surface area contributed by atoms with E-state index >= 15 is 0 Å². The maximum Gasteiger partial charge on any atom is 0.243 e. The summed E-state index contributed by atoms with van der Waals surface area (Å²) in [5.41, 5.74) is 4.77. The van der Waals surface area contributed by atoms with Crippen molar-refractivity contribution in [3.63, 3.8) is 0 Å². The van der Waals surface area contributed by atoms with E-state index in [1.165, 1.54) is 11.1 Å². The zero-order chi connectivity index (χ0) is 20.5. The van der Waals surface area contributed by atoms with Crippen LogP contribution < -0.4 is 5.32 Å². The summed E-state index contributed by atoms with van der Waals surface area (Å²) in [4.78, 5) is 28.2. The third kappa shape index (κ3) is 3.85. The minimum absolute atomic E-state index is 0.00715. The Morgan fingerprint density at radius 2 is 1.93 bits per heavy atom. The number of amides is 2. The fourth-order valence-electron chi connectivity index (χ4n) is 4.47. The number of carbonyl (C=O) groups is 2. The van der Waals surface area contributed by atoms with E-state index in [0.717, 1.165) is 34.9 Å². The molecular weight excluding hydrogens is 428 g/mol. The normalized spacial score (nSPS) is 21.3. The Morgan fingerprint density at radius 1 is 1.17 bits per heavy atom. The van der Waals surface area contributed by atoms with Crippen molar-refractivity contribution in [3.05, 3.63) is 69.2 Å². The fourth-order valence-corrected chi connectivity index (χ4v) is 5.05. The highest BCUT2D eigenvalue weighted by molar-refractivity contribution is 9.10. The van der Waals surface area contributed by atoms with E-state index in [-0.39, 0.29) is 23.8 Å². The van der Waals surface area contributed by atoms with E-state index in [1.807, 2.05) is 38.1 Å². The first-order chi connectivity index (χ1) is 14.0. The summed E-state index contributed by atoms with van der Waals surface area (Å²) in [6.07, 6.45) is 3.19. The lowest BCUT2D eigenvalue weighted by Crippen LogP contribution is -2.54. The Hall–Kier alpha value is -2.14. The molecule has 0 radical (unpaired) electrons. The number of fused-ring (bicyclic) bond motifs is 2. The second kappa shape index (κ2) is 8.31. The number of nitrogens with zero attached hydrogens (tertiary/aromatic N) is 1. The van der Waals surface area contributed by atoms with Crippen molar-refractivity contribution < 1.29 is 9.59 Å². The molecule has 2 amide bonds. The summed E-state index contributed by atoms with van der Waals surface area (Å²) in [6.45, 7) is 4.47. The van der Waals surface area contributed by atoms with Crippen LogP contribution in [0, 0.1) is 5.92 Å². The maximum atomic E-state index is 13.4. The van der Waals surface area contributed by atoms with Crippen molar-refractivity contribution in [3.8, 4) is 0 Å². The van der Waals surface area contributed by atoms with Gasteiger partial charge in [0, 0.05) is 23.4 Å². The minimum atomic E-state index is -0.456. The fraction of sp³-hybridized carbons (Fsp3) is 0.417. The van der Waals surface area contributed by atoms with Gasteiger partial charge in [-0.1, -0.05) is 66.2 Å². The summed E-state index contributed by atoms with van der Waals surface area (Å²) < 4.78 is 1.10. The molecule has 4 rings (SSSR count). The Bertz CT molecular complexity index is 942. The van der Waals surface area contributed by atoms with Crippen molar-refractivity contribution in [2.24, 2.45) is 5.92 Å². The highest BCUT2D eigenvalue weighted by Gasteiger charge is 2.37. The van der Waals surface area contributed by atoms with Gasteiger partial charge >= 0.3 is 0 Å². The molecule has 0 spiro atoms. The standard InChI is InChI=1S/C24H27BrN2O2/c1-3-15(2)24(29)27-14-17-8-5-4-7-16(17)13-22(27)23(28)26-21-12-11-18-19(21)9-6-10-20(18)25/h4-10,15,21-22H,3,11-14H2,1-2H3,(H,26,28).